The number of carboxylic acid groups (broad SMARTS) is 1. The molecule has 1 unspecified atom stereocenters. The molecule has 0 fully saturated rings. The Labute approximate surface area is 357 Å². The number of nitrogens with zero attached hydrogens (tertiary/aromatic N) is 1. The molecule has 0 aromatic heterocycles. The van der Waals surface area contributed by atoms with Crippen molar-refractivity contribution in [3.8, 4) is 0 Å². The van der Waals surface area contributed by atoms with Gasteiger partial charge in [-0.1, -0.05) is 258 Å². The van der Waals surface area contributed by atoms with Crippen LogP contribution in [0.3, 0.4) is 0 Å². The van der Waals surface area contributed by atoms with Crippen LogP contribution in [0.25, 0.3) is 0 Å². The molecular weight excluding hydrogens is 658 g/mol. The van der Waals surface area contributed by atoms with Gasteiger partial charge in [-0.05, 0) is 45.7 Å². The van der Waals surface area contributed by atoms with E-state index in [0.717, 1.165) is 19.5 Å². The molecule has 0 heterocycles. The van der Waals surface area contributed by atoms with E-state index in [1.807, 2.05) is 0 Å². The smallest absolute Gasteiger partial charge is 0.550 e. The summed E-state index contributed by atoms with van der Waals surface area (Å²) in [4.78, 5) is 13.7. The van der Waals surface area contributed by atoms with E-state index in [4.69, 9.17) is 0 Å². The van der Waals surface area contributed by atoms with Gasteiger partial charge in [-0.25, -0.2) is 0 Å². The maximum Gasteiger partial charge on any atom is 1.00 e. The van der Waals surface area contributed by atoms with Crippen molar-refractivity contribution in [1.82, 2.24) is 4.90 Å². The molecule has 53 heavy (non-hydrogen) atoms. The third-order valence-corrected chi connectivity index (χ3v) is 12.0. The van der Waals surface area contributed by atoms with Crippen molar-refractivity contribution in [3.63, 3.8) is 0 Å². The van der Waals surface area contributed by atoms with Crippen molar-refractivity contribution in [1.29, 1.82) is 0 Å². The summed E-state index contributed by atoms with van der Waals surface area (Å²) in [6.07, 6.45) is 57.7. The number of hydrogen-bond donors (Lipinski definition) is 0. The van der Waals surface area contributed by atoms with Crippen LogP contribution < -0.4 is 34.7 Å². The molecular formula is C49H98NNaO2. The Kier molecular flexibility index (Phi) is 50.9. The fourth-order valence-electron chi connectivity index (χ4n) is 8.20. The number of carboxylic acids is 1. The molecule has 0 aliphatic rings. The summed E-state index contributed by atoms with van der Waals surface area (Å²) in [6.45, 7) is 9.10. The number of carbonyl (C=O) groups is 1. The predicted octanol–water partition coefficient (Wildman–Crippen LogP) is 12.9. The zero-order chi connectivity index (χ0) is 37.8. The molecule has 4 heteroatoms. The molecule has 312 valence electrons. The Morgan fingerprint density at radius 3 is 0.755 bits per heavy atom. The first-order chi connectivity index (χ1) is 25.6. The molecule has 0 rings (SSSR count). The summed E-state index contributed by atoms with van der Waals surface area (Å²) in [5, 5.41) is 11.1. The zero-order valence-electron chi connectivity index (χ0n) is 37.5. The number of aliphatic carboxylic acids is 1. The largest absolute Gasteiger partial charge is 1.00 e. The first-order valence-electron chi connectivity index (χ1n) is 24.6. The van der Waals surface area contributed by atoms with Crippen LogP contribution in [0.15, 0.2) is 0 Å². The number of unbranched alkanes of at least 4 members (excludes halogenated alkanes) is 38. The molecule has 0 aliphatic heterocycles. The molecule has 1 atom stereocenters. The van der Waals surface area contributed by atoms with Crippen molar-refractivity contribution in [2.45, 2.75) is 296 Å². The van der Waals surface area contributed by atoms with E-state index in [9.17, 15) is 9.90 Å². The van der Waals surface area contributed by atoms with Gasteiger partial charge < -0.3 is 14.8 Å². The Balaban J connectivity index is 0. The maximum absolute atomic E-state index is 11.1. The third-order valence-electron chi connectivity index (χ3n) is 12.0. The average molecular weight is 756 g/mol. The topological polar surface area (TPSA) is 43.4 Å². The van der Waals surface area contributed by atoms with E-state index >= 15 is 0 Å². The van der Waals surface area contributed by atoms with Crippen molar-refractivity contribution >= 4 is 5.97 Å². The predicted molar refractivity (Wildman–Crippen MR) is 231 cm³/mol. The van der Waals surface area contributed by atoms with Gasteiger partial charge in [0.15, 0.2) is 0 Å². The fraction of sp³-hybridized carbons (Fsp3) is 0.980. The third kappa shape index (κ3) is 46.7. The first kappa shape index (κ1) is 55.5. The Morgan fingerprint density at radius 1 is 0.377 bits per heavy atom. The second-order valence-electron chi connectivity index (χ2n) is 17.2. The second kappa shape index (κ2) is 48.6. The van der Waals surface area contributed by atoms with Crippen molar-refractivity contribution in [2.75, 3.05) is 13.1 Å². The minimum atomic E-state index is -0.899. The Hall–Kier alpha value is 0.430. The van der Waals surface area contributed by atoms with Crippen molar-refractivity contribution in [2.24, 2.45) is 0 Å². The minimum absolute atomic E-state index is 0. The minimum Gasteiger partial charge on any atom is -0.550 e. The van der Waals surface area contributed by atoms with Crippen LogP contribution in [-0.2, 0) is 4.79 Å². The standard InChI is InChI=1S/C49H99NO2.Na/c1-4-6-8-10-12-14-16-18-20-22-24-26-28-30-32-34-36-38-40-42-46-50(48(3)44-45-49(51)52)47-43-41-39-37-35-33-31-29-27-25-23-21-19-17-15-13-11-9-7-5-2;/h48H,4-47H2,1-3H3,(H,51,52);/q;+1/p-1. The van der Waals surface area contributed by atoms with Gasteiger partial charge in [0.25, 0.3) is 0 Å². The van der Waals surface area contributed by atoms with E-state index in [1.54, 1.807) is 0 Å². The van der Waals surface area contributed by atoms with Gasteiger partial charge in [-0.2, -0.15) is 0 Å². The van der Waals surface area contributed by atoms with Crippen molar-refractivity contribution < 1.29 is 39.5 Å². The quantitative estimate of drug-likeness (QED) is 0.0459. The number of hydrogen-bond acceptors (Lipinski definition) is 3. The molecule has 0 radical (unpaired) electrons. The van der Waals surface area contributed by atoms with Gasteiger partial charge in [-0.15, -0.1) is 0 Å². The summed E-state index contributed by atoms with van der Waals surface area (Å²) >= 11 is 0. The number of rotatable bonds is 46. The van der Waals surface area contributed by atoms with Gasteiger partial charge in [-0.3, -0.25) is 0 Å². The Morgan fingerprint density at radius 2 is 0.566 bits per heavy atom. The summed E-state index contributed by atoms with van der Waals surface area (Å²) < 4.78 is 0. The van der Waals surface area contributed by atoms with Crippen LogP contribution in [0.4, 0.5) is 0 Å². The molecule has 0 amide bonds. The van der Waals surface area contributed by atoms with E-state index in [1.165, 1.54) is 257 Å². The molecule has 0 saturated carbocycles. The van der Waals surface area contributed by atoms with Crippen LogP contribution >= 0.6 is 0 Å². The fourth-order valence-corrected chi connectivity index (χ4v) is 8.20. The first-order valence-corrected chi connectivity index (χ1v) is 24.6. The van der Waals surface area contributed by atoms with Crippen LogP contribution in [-0.4, -0.2) is 30.0 Å². The van der Waals surface area contributed by atoms with E-state index in [0.29, 0.717) is 6.04 Å². The summed E-state index contributed by atoms with van der Waals surface area (Å²) in [5.41, 5.74) is 0. The van der Waals surface area contributed by atoms with Crippen LogP contribution in [0.5, 0.6) is 0 Å². The van der Waals surface area contributed by atoms with Gasteiger partial charge in [0.2, 0.25) is 0 Å². The second-order valence-corrected chi connectivity index (χ2v) is 17.2. The van der Waals surface area contributed by atoms with Gasteiger partial charge in [0.05, 0.1) is 0 Å². The van der Waals surface area contributed by atoms with Gasteiger partial charge >= 0.3 is 29.6 Å². The summed E-state index contributed by atoms with van der Waals surface area (Å²) in [7, 11) is 0. The SMILES string of the molecule is CCCCCCCCCCCCCCCCCCCCCCN(CCCCCCCCCCCCCCCCCCCCCC)C(C)CCC(=O)[O-].[Na+]. The molecule has 0 N–H and O–H groups in total. The Bertz CT molecular complexity index is 629. The molecule has 0 spiro atoms. The van der Waals surface area contributed by atoms with Crippen LogP contribution in [0.1, 0.15) is 290 Å². The van der Waals surface area contributed by atoms with E-state index < -0.39 is 5.97 Å². The molecule has 3 nitrogen and oxygen atoms in total. The van der Waals surface area contributed by atoms with Crippen LogP contribution in [0.2, 0.25) is 0 Å². The average Bonchev–Trinajstić information content (AvgIpc) is 3.14. The van der Waals surface area contributed by atoms with Gasteiger partial charge in [0, 0.05) is 12.0 Å². The van der Waals surface area contributed by atoms with Gasteiger partial charge in [0.1, 0.15) is 0 Å². The van der Waals surface area contributed by atoms with E-state index in [2.05, 4.69) is 25.7 Å². The molecule has 0 bridgehead atoms. The normalized spacial score (nSPS) is 12.1. The van der Waals surface area contributed by atoms with Crippen molar-refractivity contribution in [3.05, 3.63) is 0 Å². The molecule has 0 saturated heterocycles. The summed E-state index contributed by atoms with van der Waals surface area (Å²) in [5.74, 6) is -0.899. The monoisotopic (exact) mass is 756 g/mol. The summed E-state index contributed by atoms with van der Waals surface area (Å²) in [6, 6.07) is 0.346. The number of carbonyl (C=O) groups excluding carboxylic acids is 1. The maximum atomic E-state index is 11.1. The molecule has 0 aromatic rings. The van der Waals surface area contributed by atoms with E-state index in [-0.39, 0.29) is 36.0 Å². The molecule has 0 aromatic carbocycles. The van der Waals surface area contributed by atoms with Crippen LogP contribution in [0, 0.1) is 0 Å². The molecule has 0 aliphatic carbocycles. The zero-order valence-corrected chi connectivity index (χ0v) is 39.5.